The van der Waals surface area contributed by atoms with Crippen LogP contribution in [0.15, 0.2) is 29.7 Å². The summed E-state index contributed by atoms with van der Waals surface area (Å²) in [5, 5.41) is -0.0497. The summed E-state index contributed by atoms with van der Waals surface area (Å²) in [6, 6.07) is 5.48. The van der Waals surface area contributed by atoms with E-state index in [1.807, 2.05) is 27.7 Å². The van der Waals surface area contributed by atoms with Crippen LogP contribution in [0.25, 0.3) is 6.08 Å². The molecular formula is C18H22BF3O4S. The van der Waals surface area contributed by atoms with Crippen molar-refractivity contribution in [3.8, 4) is 5.75 Å². The van der Waals surface area contributed by atoms with Crippen LogP contribution in [0.5, 0.6) is 5.75 Å². The molecule has 1 aromatic carbocycles. The minimum Gasteiger partial charge on any atom is -0.406 e. The molecule has 0 radical (unpaired) electrons. The average molecular weight is 402 g/mol. The number of thioether (sulfide) groups is 1. The van der Waals surface area contributed by atoms with Crippen molar-refractivity contribution in [2.45, 2.75) is 52.2 Å². The highest BCUT2D eigenvalue weighted by atomic mass is 32.2. The quantitative estimate of drug-likeness (QED) is 0.657. The molecule has 0 unspecified atom stereocenters. The van der Waals surface area contributed by atoms with E-state index in [-0.39, 0.29) is 10.9 Å². The predicted octanol–water partition coefficient (Wildman–Crippen LogP) is 4.88. The molecule has 0 atom stereocenters. The van der Waals surface area contributed by atoms with Crippen molar-refractivity contribution in [2.75, 3.05) is 5.75 Å². The highest BCUT2D eigenvalue weighted by Crippen LogP contribution is 2.39. The first-order valence-corrected chi connectivity index (χ1v) is 9.33. The van der Waals surface area contributed by atoms with Crippen molar-refractivity contribution in [1.82, 2.24) is 0 Å². The molecule has 1 heterocycles. The summed E-state index contributed by atoms with van der Waals surface area (Å²) in [7, 11) is -0.645. The van der Waals surface area contributed by atoms with Crippen molar-refractivity contribution in [3.63, 3.8) is 0 Å². The molecule has 0 N–H and O–H groups in total. The monoisotopic (exact) mass is 402 g/mol. The maximum atomic E-state index is 12.3. The normalized spacial score (nSPS) is 19.3. The lowest BCUT2D eigenvalue weighted by molar-refractivity contribution is -0.274. The van der Waals surface area contributed by atoms with Crippen molar-refractivity contribution in [2.24, 2.45) is 0 Å². The fraction of sp³-hybridized carbons (Fsp3) is 0.500. The number of rotatable bonds is 5. The van der Waals surface area contributed by atoms with E-state index in [9.17, 15) is 18.0 Å². The summed E-state index contributed by atoms with van der Waals surface area (Å²) in [6.45, 7) is 9.16. The Morgan fingerprint density at radius 3 is 2.11 bits per heavy atom. The van der Waals surface area contributed by atoms with Crippen LogP contribution in [-0.4, -0.2) is 35.6 Å². The van der Waals surface area contributed by atoms with Crippen molar-refractivity contribution >= 4 is 30.1 Å². The number of halogens is 3. The lowest BCUT2D eigenvalue weighted by Gasteiger charge is -2.32. The molecule has 0 bridgehead atoms. The van der Waals surface area contributed by atoms with Gasteiger partial charge in [0.25, 0.3) is 0 Å². The zero-order chi connectivity index (χ0) is 20.5. The SMILES string of the molecule is CC(=O)SCC(=Cc1ccc(OC(F)(F)F)cc1)B1OC(C)(C)C(C)(C)O1. The molecule has 9 heteroatoms. The van der Waals surface area contributed by atoms with E-state index >= 15 is 0 Å². The third kappa shape index (κ3) is 6.02. The summed E-state index contributed by atoms with van der Waals surface area (Å²) in [5.41, 5.74) is 0.293. The molecule has 148 valence electrons. The van der Waals surface area contributed by atoms with E-state index in [4.69, 9.17) is 9.31 Å². The Balaban J connectivity index is 2.25. The Hall–Kier alpha value is -1.45. The minimum atomic E-state index is -4.73. The molecule has 1 fully saturated rings. The molecular weight excluding hydrogens is 380 g/mol. The van der Waals surface area contributed by atoms with Gasteiger partial charge in [-0.25, -0.2) is 0 Å². The fourth-order valence-electron chi connectivity index (χ4n) is 2.34. The van der Waals surface area contributed by atoms with E-state index in [1.54, 1.807) is 6.08 Å². The summed E-state index contributed by atoms with van der Waals surface area (Å²) in [5.74, 6) is 0.0578. The summed E-state index contributed by atoms with van der Waals surface area (Å²) in [6.07, 6.45) is -2.97. The minimum absolute atomic E-state index is 0.0497. The van der Waals surface area contributed by atoms with Gasteiger partial charge in [-0.15, -0.1) is 13.2 Å². The van der Waals surface area contributed by atoms with Gasteiger partial charge in [0, 0.05) is 12.7 Å². The molecule has 1 aliphatic heterocycles. The average Bonchev–Trinajstić information content (AvgIpc) is 2.71. The number of hydrogen-bond donors (Lipinski definition) is 0. The molecule has 0 saturated carbocycles. The van der Waals surface area contributed by atoms with E-state index in [2.05, 4.69) is 4.74 Å². The van der Waals surface area contributed by atoms with Crippen molar-refractivity contribution in [3.05, 3.63) is 35.3 Å². The zero-order valence-electron chi connectivity index (χ0n) is 15.8. The van der Waals surface area contributed by atoms with E-state index < -0.39 is 24.7 Å². The Labute approximate surface area is 161 Å². The first kappa shape index (κ1) is 21.9. The second kappa shape index (κ2) is 7.89. The van der Waals surface area contributed by atoms with Crippen LogP contribution >= 0.6 is 11.8 Å². The zero-order valence-corrected chi connectivity index (χ0v) is 16.7. The first-order valence-electron chi connectivity index (χ1n) is 8.34. The largest absolute Gasteiger partial charge is 0.573 e. The molecule has 1 aromatic rings. The second-order valence-electron chi connectivity index (χ2n) is 7.20. The lowest BCUT2D eigenvalue weighted by atomic mass is 9.78. The highest BCUT2D eigenvalue weighted by molar-refractivity contribution is 8.13. The maximum absolute atomic E-state index is 12.3. The third-order valence-corrected chi connectivity index (χ3v) is 5.35. The van der Waals surface area contributed by atoms with Gasteiger partial charge in [-0.05, 0) is 50.9 Å². The number of carbonyl (C=O) groups is 1. The van der Waals surface area contributed by atoms with Gasteiger partial charge in [0.2, 0.25) is 0 Å². The second-order valence-corrected chi connectivity index (χ2v) is 8.36. The molecule has 0 aliphatic carbocycles. The van der Waals surface area contributed by atoms with Gasteiger partial charge in [-0.2, -0.15) is 0 Å². The number of hydrogen-bond acceptors (Lipinski definition) is 5. The van der Waals surface area contributed by atoms with Crippen LogP contribution in [0.2, 0.25) is 0 Å². The lowest BCUT2D eigenvalue weighted by Crippen LogP contribution is -2.41. The Kier molecular flexibility index (Phi) is 6.38. The fourth-order valence-corrected chi connectivity index (χ4v) is 2.93. The van der Waals surface area contributed by atoms with E-state index in [1.165, 1.54) is 31.2 Å². The predicted molar refractivity (Wildman–Crippen MR) is 100 cm³/mol. The van der Waals surface area contributed by atoms with Gasteiger partial charge >= 0.3 is 13.5 Å². The van der Waals surface area contributed by atoms with Crippen molar-refractivity contribution < 1.29 is 32.0 Å². The molecule has 0 spiro atoms. The molecule has 1 saturated heterocycles. The van der Waals surface area contributed by atoms with Crippen LogP contribution in [-0.2, 0) is 14.1 Å². The molecule has 27 heavy (non-hydrogen) atoms. The maximum Gasteiger partial charge on any atom is 0.573 e. The van der Waals surface area contributed by atoms with Gasteiger partial charge in [-0.1, -0.05) is 30.0 Å². The van der Waals surface area contributed by atoms with Crippen LogP contribution in [0.1, 0.15) is 40.2 Å². The number of ether oxygens (including phenoxy) is 1. The molecule has 4 nitrogen and oxygen atoms in total. The van der Waals surface area contributed by atoms with Crippen LogP contribution < -0.4 is 4.74 Å². The smallest absolute Gasteiger partial charge is 0.406 e. The van der Waals surface area contributed by atoms with Gasteiger partial charge in [-0.3, -0.25) is 4.79 Å². The molecule has 2 rings (SSSR count). The van der Waals surface area contributed by atoms with Gasteiger partial charge in [0.15, 0.2) is 5.12 Å². The van der Waals surface area contributed by atoms with Crippen LogP contribution in [0.4, 0.5) is 13.2 Å². The van der Waals surface area contributed by atoms with Crippen LogP contribution in [0, 0.1) is 0 Å². The Bertz CT molecular complexity index is 698. The Morgan fingerprint density at radius 2 is 1.67 bits per heavy atom. The summed E-state index contributed by atoms with van der Waals surface area (Å²) >= 11 is 1.12. The third-order valence-electron chi connectivity index (χ3n) is 4.46. The Morgan fingerprint density at radius 1 is 1.15 bits per heavy atom. The summed E-state index contributed by atoms with van der Waals surface area (Å²) < 4.78 is 52.8. The van der Waals surface area contributed by atoms with Crippen LogP contribution in [0.3, 0.4) is 0 Å². The molecule has 0 amide bonds. The standard InChI is InChI=1S/C18H22BF3O4S/c1-12(23)27-11-14(19-25-16(2,3)17(4,5)26-19)10-13-6-8-15(9-7-13)24-18(20,21)22/h6-10H,11H2,1-5H3. The summed E-state index contributed by atoms with van der Waals surface area (Å²) in [4.78, 5) is 11.4. The van der Waals surface area contributed by atoms with Gasteiger partial charge < -0.3 is 14.0 Å². The molecule has 0 aromatic heterocycles. The van der Waals surface area contributed by atoms with Gasteiger partial charge in [0.05, 0.1) is 11.2 Å². The number of carbonyl (C=O) groups excluding carboxylic acids is 1. The first-order chi connectivity index (χ1) is 12.3. The highest BCUT2D eigenvalue weighted by Gasteiger charge is 2.52. The van der Waals surface area contributed by atoms with E-state index in [0.717, 1.165) is 17.2 Å². The topological polar surface area (TPSA) is 44.8 Å². The number of alkyl halides is 3. The number of benzene rings is 1. The van der Waals surface area contributed by atoms with Crippen molar-refractivity contribution in [1.29, 1.82) is 0 Å². The van der Waals surface area contributed by atoms with E-state index in [0.29, 0.717) is 11.3 Å². The van der Waals surface area contributed by atoms with Gasteiger partial charge in [0.1, 0.15) is 5.75 Å². The molecule has 1 aliphatic rings.